The van der Waals surface area contributed by atoms with Gasteiger partial charge in [-0.25, -0.2) is 4.39 Å². The van der Waals surface area contributed by atoms with Gasteiger partial charge in [0.25, 0.3) is 0 Å². The van der Waals surface area contributed by atoms with Crippen LogP contribution in [-0.4, -0.2) is 11.5 Å². The first-order valence-corrected chi connectivity index (χ1v) is 7.07. The van der Waals surface area contributed by atoms with Crippen LogP contribution in [0.2, 0.25) is 0 Å². The van der Waals surface area contributed by atoms with E-state index in [1.807, 2.05) is 17.5 Å². The zero-order valence-corrected chi connectivity index (χ0v) is 10.8. The molecular formula is C14H15FN2S. The van der Waals surface area contributed by atoms with Gasteiger partial charge in [0.05, 0.1) is 10.7 Å². The lowest BCUT2D eigenvalue weighted by atomic mass is 9.66. The summed E-state index contributed by atoms with van der Waals surface area (Å²) < 4.78 is 13.9. The number of anilines is 1. The summed E-state index contributed by atoms with van der Waals surface area (Å²) in [4.78, 5) is 4.26. The summed E-state index contributed by atoms with van der Waals surface area (Å²) in [6.07, 6.45) is 4.87. The second kappa shape index (κ2) is 4.69. The van der Waals surface area contributed by atoms with E-state index in [0.717, 1.165) is 30.8 Å². The molecule has 18 heavy (non-hydrogen) atoms. The van der Waals surface area contributed by atoms with Crippen molar-refractivity contribution in [1.29, 1.82) is 0 Å². The van der Waals surface area contributed by atoms with Crippen molar-refractivity contribution in [3.05, 3.63) is 47.4 Å². The fourth-order valence-corrected chi connectivity index (χ4v) is 3.13. The molecule has 2 aromatic rings. The first-order valence-electron chi connectivity index (χ1n) is 6.19. The maximum Gasteiger partial charge on any atom is 0.145 e. The Bertz CT molecular complexity index is 520. The van der Waals surface area contributed by atoms with Crippen LogP contribution in [0.25, 0.3) is 0 Å². The van der Waals surface area contributed by atoms with Crippen LogP contribution >= 0.6 is 11.3 Å². The number of nitrogens with one attached hydrogen (secondary N) is 1. The first kappa shape index (κ1) is 11.7. The summed E-state index contributed by atoms with van der Waals surface area (Å²) in [7, 11) is 0. The summed E-state index contributed by atoms with van der Waals surface area (Å²) in [5.41, 5.74) is 0.510. The number of aromatic nitrogens is 1. The van der Waals surface area contributed by atoms with Gasteiger partial charge in [0.1, 0.15) is 5.82 Å². The van der Waals surface area contributed by atoms with Gasteiger partial charge in [0, 0.05) is 18.2 Å². The predicted octanol–water partition coefficient (Wildman–Crippen LogP) is 3.82. The van der Waals surface area contributed by atoms with Gasteiger partial charge in [-0.2, -0.15) is 0 Å². The van der Waals surface area contributed by atoms with Crippen molar-refractivity contribution in [2.24, 2.45) is 0 Å². The SMILES string of the molecule is Fc1cccnc1C1(CNc2cccs2)CCC1. The second-order valence-corrected chi connectivity index (χ2v) is 5.75. The molecule has 3 rings (SSSR count). The molecule has 1 fully saturated rings. The Morgan fingerprint density at radius 2 is 2.22 bits per heavy atom. The lowest BCUT2D eigenvalue weighted by Crippen LogP contribution is -2.42. The molecule has 2 aromatic heterocycles. The van der Waals surface area contributed by atoms with E-state index in [1.54, 1.807) is 23.6 Å². The zero-order valence-electron chi connectivity index (χ0n) is 10.0. The second-order valence-electron chi connectivity index (χ2n) is 4.80. The van der Waals surface area contributed by atoms with Crippen LogP contribution in [0.4, 0.5) is 9.39 Å². The van der Waals surface area contributed by atoms with Gasteiger partial charge in [-0.15, -0.1) is 11.3 Å². The number of thiophene rings is 1. The molecule has 94 valence electrons. The summed E-state index contributed by atoms with van der Waals surface area (Å²) in [5.74, 6) is -0.176. The summed E-state index contributed by atoms with van der Waals surface area (Å²) in [5, 5.41) is 6.58. The van der Waals surface area contributed by atoms with Crippen LogP contribution < -0.4 is 5.32 Å². The van der Waals surface area contributed by atoms with Crippen molar-refractivity contribution < 1.29 is 4.39 Å². The van der Waals surface area contributed by atoms with E-state index in [1.165, 1.54) is 6.07 Å². The molecule has 0 radical (unpaired) electrons. The molecule has 0 aromatic carbocycles. The Labute approximate surface area is 110 Å². The Kier molecular flexibility index (Phi) is 3.04. The third-order valence-corrected chi connectivity index (χ3v) is 4.52. The highest BCUT2D eigenvalue weighted by Crippen LogP contribution is 2.43. The van der Waals surface area contributed by atoms with Gasteiger partial charge in [-0.1, -0.05) is 6.42 Å². The Hall–Kier alpha value is -1.42. The van der Waals surface area contributed by atoms with Crippen LogP contribution in [0.3, 0.4) is 0 Å². The third-order valence-electron chi connectivity index (χ3n) is 3.69. The molecule has 0 bridgehead atoms. The highest BCUT2D eigenvalue weighted by molar-refractivity contribution is 7.14. The molecular weight excluding hydrogens is 247 g/mol. The predicted molar refractivity (Wildman–Crippen MR) is 72.5 cm³/mol. The van der Waals surface area contributed by atoms with E-state index >= 15 is 0 Å². The molecule has 0 unspecified atom stereocenters. The fourth-order valence-electron chi connectivity index (χ4n) is 2.51. The standard InChI is InChI=1S/C14H15FN2S/c15-11-4-1-8-16-13(11)14(6-3-7-14)10-17-12-5-2-9-18-12/h1-2,4-5,8-9,17H,3,6-7,10H2. The summed E-state index contributed by atoms with van der Waals surface area (Å²) in [6, 6.07) is 7.22. The maximum absolute atomic E-state index is 13.9. The minimum absolute atomic E-state index is 0.116. The molecule has 2 heterocycles. The minimum Gasteiger partial charge on any atom is -0.376 e. The molecule has 0 spiro atoms. The zero-order chi connectivity index (χ0) is 12.4. The van der Waals surface area contributed by atoms with Gasteiger partial charge in [0.2, 0.25) is 0 Å². The van der Waals surface area contributed by atoms with E-state index in [4.69, 9.17) is 0 Å². The molecule has 0 saturated heterocycles. The number of hydrogen-bond acceptors (Lipinski definition) is 3. The lowest BCUT2D eigenvalue weighted by Gasteiger charge is -2.41. The molecule has 1 saturated carbocycles. The monoisotopic (exact) mass is 262 g/mol. The van der Waals surface area contributed by atoms with E-state index in [9.17, 15) is 4.39 Å². The van der Waals surface area contributed by atoms with Crippen molar-refractivity contribution >= 4 is 16.3 Å². The van der Waals surface area contributed by atoms with E-state index < -0.39 is 0 Å². The van der Waals surface area contributed by atoms with Crippen LogP contribution in [0, 0.1) is 5.82 Å². The van der Waals surface area contributed by atoms with Crippen molar-refractivity contribution in [3.8, 4) is 0 Å². The Morgan fingerprint density at radius 1 is 1.33 bits per heavy atom. The number of nitrogens with zero attached hydrogens (tertiary/aromatic N) is 1. The summed E-state index contributed by atoms with van der Waals surface area (Å²) >= 11 is 1.67. The van der Waals surface area contributed by atoms with Crippen molar-refractivity contribution in [2.45, 2.75) is 24.7 Å². The van der Waals surface area contributed by atoms with Crippen LogP contribution in [0.5, 0.6) is 0 Å². The molecule has 0 amide bonds. The van der Waals surface area contributed by atoms with Gasteiger partial charge in [-0.05, 0) is 42.5 Å². The quantitative estimate of drug-likeness (QED) is 0.906. The normalized spacial score (nSPS) is 17.2. The molecule has 1 aliphatic rings. The Balaban J connectivity index is 1.80. The lowest BCUT2D eigenvalue weighted by molar-refractivity contribution is 0.244. The fraction of sp³-hybridized carbons (Fsp3) is 0.357. The molecule has 1 aliphatic carbocycles. The molecule has 0 aliphatic heterocycles. The molecule has 2 nitrogen and oxygen atoms in total. The van der Waals surface area contributed by atoms with Gasteiger partial charge >= 0.3 is 0 Å². The number of hydrogen-bond donors (Lipinski definition) is 1. The highest BCUT2D eigenvalue weighted by Gasteiger charge is 2.41. The van der Waals surface area contributed by atoms with E-state index in [0.29, 0.717) is 5.69 Å². The average Bonchev–Trinajstić information content (AvgIpc) is 2.83. The molecule has 0 atom stereocenters. The number of rotatable bonds is 4. The van der Waals surface area contributed by atoms with Crippen LogP contribution in [0.15, 0.2) is 35.8 Å². The third kappa shape index (κ3) is 2.01. The molecule has 1 N–H and O–H groups in total. The molecule has 4 heteroatoms. The topological polar surface area (TPSA) is 24.9 Å². The maximum atomic E-state index is 13.9. The van der Waals surface area contributed by atoms with Crippen molar-refractivity contribution in [1.82, 2.24) is 4.98 Å². The van der Waals surface area contributed by atoms with Crippen molar-refractivity contribution in [2.75, 3.05) is 11.9 Å². The highest BCUT2D eigenvalue weighted by atomic mass is 32.1. The van der Waals surface area contributed by atoms with E-state index in [-0.39, 0.29) is 11.2 Å². The first-order chi connectivity index (χ1) is 8.80. The minimum atomic E-state index is -0.176. The smallest absolute Gasteiger partial charge is 0.145 e. The van der Waals surface area contributed by atoms with Gasteiger partial charge < -0.3 is 5.32 Å². The number of halogens is 1. The number of pyridine rings is 1. The summed E-state index contributed by atoms with van der Waals surface area (Å²) in [6.45, 7) is 0.765. The van der Waals surface area contributed by atoms with Gasteiger partial charge in [0.15, 0.2) is 0 Å². The van der Waals surface area contributed by atoms with Crippen LogP contribution in [-0.2, 0) is 5.41 Å². The van der Waals surface area contributed by atoms with E-state index in [2.05, 4.69) is 10.3 Å². The van der Waals surface area contributed by atoms with Crippen LogP contribution in [0.1, 0.15) is 25.0 Å². The largest absolute Gasteiger partial charge is 0.376 e. The van der Waals surface area contributed by atoms with Gasteiger partial charge in [-0.3, -0.25) is 4.98 Å². The van der Waals surface area contributed by atoms with Crippen molar-refractivity contribution in [3.63, 3.8) is 0 Å². The Morgan fingerprint density at radius 3 is 2.83 bits per heavy atom. The average molecular weight is 262 g/mol.